The van der Waals surface area contributed by atoms with Gasteiger partial charge in [-0.15, -0.1) is 11.8 Å². The fourth-order valence-electron chi connectivity index (χ4n) is 5.86. The van der Waals surface area contributed by atoms with Crippen molar-refractivity contribution in [3.8, 4) is 23.7 Å². The van der Waals surface area contributed by atoms with Crippen molar-refractivity contribution in [3.05, 3.63) is 18.7 Å². The number of fused-ring (bicyclic) bond motifs is 2. The van der Waals surface area contributed by atoms with E-state index in [0.717, 1.165) is 0 Å². The summed E-state index contributed by atoms with van der Waals surface area (Å²) in [5.41, 5.74) is 17.0. The normalized spacial score (nSPS) is 26.6. The van der Waals surface area contributed by atoms with Crippen LogP contribution < -0.4 is 17.2 Å². The fraction of sp³-hybridized carbons (Fsp3) is 0.500. The zero-order valence-electron chi connectivity index (χ0n) is 26.6. The monoisotopic (exact) mass is 649 g/mol. The first kappa shape index (κ1) is 33.3. The standard InChI is InChI=1S/C16H20N6O3.C14H16FN5O2/c1-4-6-16(5-2)7-10(24-9(3)23)14(25-16)22-8-19-11-12(17)20-15(18)21-13(11)22;1-3-5-14(4-2)6-8(21)12(22-14)20-7-17-9-10(16)18-13(15)19-11(9)20/h8,10,14H,5,7H2,1-3H3,(H4,17,18,20,21);7-8,12,21H,4,6H2,1-2H3,(H2,16,18,19)/t10?,14-,16+;8?,12-,14+/m11/s1. The molecule has 0 amide bonds. The number of halogens is 1. The number of aromatic nitrogens is 8. The summed E-state index contributed by atoms with van der Waals surface area (Å²) in [4.78, 5) is 35.1. The molecule has 0 spiro atoms. The van der Waals surface area contributed by atoms with Crippen LogP contribution in [0.25, 0.3) is 22.3 Å². The number of rotatable bonds is 5. The lowest BCUT2D eigenvalue weighted by atomic mass is 9.96. The number of nitrogens with two attached hydrogens (primary N) is 3. The van der Waals surface area contributed by atoms with Gasteiger partial charge in [0.15, 0.2) is 47.0 Å². The Morgan fingerprint density at radius 2 is 1.47 bits per heavy atom. The second-order valence-corrected chi connectivity index (χ2v) is 11.1. The Hall–Kier alpha value is -5.10. The summed E-state index contributed by atoms with van der Waals surface area (Å²) in [6.07, 6.45) is 1.34. The zero-order chi connectivity index (χ0) is 34.1. The van der Waals surface area contributed by atoms with Crippen LogP contribution in [0.15, 0.2) is 12.7 Å². The minimum Gasteiger partial charge on any atom is -0.458 e. The number of hydrogen-bond acceptors (Lipinski definition) is 14. The van der Waals surface area contributed by atoms with Crippen LogP contribution in [0, 0.1) is 29.8 Å². The summed E-state index contributed by atoms with van der Waals surface area (Å²) in [6, 6.07) is 0. The van der Waals surface area contributed by atoms with Crippen LogP contribution in [0.4, 0.5) is 22.0 Å². The molecule has 248 valence electrons. The van der Waals surface area contributed by atoms with Crippen LogP contribution in [-0.4, -0.2) is 73.5 Å². The van der Waals surface area contributed by atoms with Crippen molar-refractivity contribution in [2.24, 2.45) is 0 Å². The Balaban J connectivity index is 0.000000186. The number of imidazole rings is 2. The first-order valence-electron chi connectivity index (χ1n) is 14.9. The van der Waals surface area contributed by atoms with Gasteiger partial charge in [0.1, 0.15) is 22.8 Å². The molecular formula is C30H36FN11O5. The zero-order valence-corrected chi connectivity index (χ0v) is 26.6. The molecule has 4 aromatic rings. The lowest BCUT2D eigenvalue weighted by molar-refractivity contribution is -0.152. The molecule has 2 saturated heterocycles. The smallest absolute Gasteiger partial charge is 0.312 e. The number of hydrogen-bond donors (Lipinski definition) is 4. The molecule has 2 aliphatic heterocycles. The molecule has 6 rings (SSSR count). The highest BCUT2D eigenvalue weighted by Gasteiger charge is 2.48. The largest absolute Gasteiger partial charge is 0.458 e. The van der Waals surface area contributed by atoms with Gasteiger partial charge >= 0.3 is 12.0 Å². The summed E-state index contributed by atoms with van der Waals surface area (Å²) >= 11 is 0. The van der Waals surface area contributed by atoms with Gasteiger partial charge in [-0.3, -0.25) is 13.9 Å². The SMILES string of the molecule is CC#C[C@@]1(CC)CC(O)[C@H](n2cnc3c(N)nc(F)nc32)O1.CC#C[C@@]1(CC)CC(OC(C)=O)[C@H](n2cnc3c(N)nc(N)nc32)O1. The summed E-state index contributed by atoms with van der Waals surface area (Å²) in [5.74, 6) is 11.6. The van der Waals surface area contributed by atoms with Crippen molar-refractivity contribution in [2.45, 2.75) is 96.2 Å². The van der Waals surface area contributed by atoms with Crippen molar-refractivity contribution >= 4 is 45.9 Å². The van der Waals surface area contributed by atoms with Crippen LogP contribution in [0.2, 0.25) is 0 Å². The molecule has 0 aromatic carbocycles. The highest BCUT2D eigenvalue weighted by molar-refractivity contribution is 5.83. The van der Waals surface area contributed by atoms with Crippen molar-refractivity contribution in [1.82, 2.24) is 39.0 Å². The van der Waals surface area contributed by atoms with Gasteiger partial charge in [-0.1, -0.05) is 25.7 Å². The predicted octanol–water partition coefficient (Wildman–Crippen LogP) is 2.01. The Kier molecular flexibility index (Phi) is 9.17. The maximum Gasteiger partial charge on any atom is 0.312 e. The van der Waals surface area contributed by atoms with Gasteiger partial charge in [-0.25, -0.2) is 9.97 Å². The number of anilines is 3. The van der Waals surface area contributed by atoms with Crippen molar-refractivity contribution in [1.29, 1.82) is 0 Å². The molecular weight excluding hydrogens is 613 g/mol. The van der Waals surface area contributed by atoms with E-state index in [0.29, 0.717) is 36.8 Å². The molecule has 16 nitrogen and oxygen atoms in total. The fourth-order valence-corrected chi connectivity index (χ4v) is 5.86. The average Bonchev–Trinajstić information content (AvgIpc) is 3.77. The van der Waals surface area contributed by atoms with Crippen LogP contribution in [-0.2, 0) is 19.0 Å². The van der Waals surface area contributed by atoms with E-state index in [1.54, 1.807) is 18.4 Å². The van der Waals surface area contributed by atoms with Gasteiger partial charge in [0.2, 0.25) is 5.95 Å². The summed E-state index contributed by atoms with van der Waals surface area (Å²) in [6.45, 7) is 8.73. The highest BCUT2D eigenvalue weighted by atomic mass is 19.1. The molecule has 0 bridgehead atoms. The number of nitrogen functional groups attached to an aromatic ring is 3. The van der Waals surface area contributed by atoms with Gasteiger partial charge in [0, 0.05) is 19.8 Å². The Morgan fingerprint density at radius 1 is 0.936 bits per heavy atom. The van der Waals surface area contributed by atoms with E-state index >= 15 is 0 Å². The number of aliphatic hydroxyl groups is 1. The van der Waals surface area contributed by atoms with Crippen LogP contribution >= 0.6 is 0 Å². The maximum atomic E-state index is 13.4. The molecule has 0 radical (unpaired) electrons. The van der Waals surface area contributed by atoms with Crippen molar-refractivity contribution < 1.29 is 28.5 Å². The van der Waals surface area contributed by atoms with Gasteiger partial charge in [0.25, 0.3) is 0 Å². The molecule has 47 heavy (non-hydrogen) atoms. The molecule has 7 N–H and O–H groups in total. The van der Waals surface area contributed by atoms with E-state index in [-0.39, 0.29) is 28.7 Å². The van der Waals surface area contributed by atoms with E-state index in [9.17, 15) is 14.3 Å². The van der Waals surface area contributed by atoms with E-state index in [4.69, 9.17) is 31.4 Å². The van der Waals surface area contributed by atoms with Crippen LogP contribution in [0.3, 0.4) is 0 Å². The molecule has 2 fully saturated rings. The molecule has 2 aliphatic rings. The molecule has 4 aromatic heterocycles. The average molecular weight is 650 g/mol. The van der Waals surface area contributed by atoms with E-state index in [1.807, 2.05) is 13.8 Å². The van der Waals surface area contributed by atoms with Crippen LogP contribution in [0.5, 0.6) is 0 Å². The third-order valence-corrected chi connectivity index (χ3v) is 8.01. The predicted molar refractivity (Wildman–Crippen MR) is 168 cm³/mol. The highest BCUT2D eigenvalue weighted by Crippen LogP contribution is 2.42. The number of nitrogens with zero attached hydrogens (tertiary/aromatic N) is 8. The number of carbonyl (C=O) groups excluding carboxylic acids is 1. The Bertz CT molecular complexity index is 1940. The maximum absolute atomic E-state index is 13.4. The van der Waals surface area contributed by atoms with E-state index < -0.39 is 47.9 Å². The van der Waals surface area contributed by atoms with Gasteiger partial charge < -0.3 is 36.5 Å². The summed E-state index contributed by atoms with van der Waals surface area (Å²) in [7, 11) is 0. The number of esters is 1. The molecule has 2 unspecified atom stereocenters. The van der Waals surface area contributed by atoms with E-state index in [2.05, 4.69) is 53.6 Å². The molecule has 17 heteroatoms. The van der Waals surface area contributed by atoms with Crippen LogP contribution in [0.1, 0.15) is 72.8 Å². The molecule has 0 aliphatic carbocycles. The Morgan fingerprint density at radius 3 is 2.04 bits per heavy atom. The molecule has 6 atom stereocenters. The lowest BCUT2D eigenvalue weighted by Crippen LogP contribution is -2.25. The Labute approximate surface area is 269 Å². The van der Waals surface area contributed by atoms with Gasteiger partial charge in [0.05, 0.1) is 12.7 Å². The van der Waals surface area contributed by atoms with E-state index in [1.165, 1.54) is 24.1 Å². The minimum atomic E-state index is -0.950. The first-order chi connectivity index (χ1) is 22.4. The third-order valence-electron chi connectivity index (χ3n) is 8.01. The van der Waals surface area contributed by atoms with Crippen molar-refractivity contribution in [3.63, 3.8) is 0 Å². The lowest BCUT2D eigenvalue weighted by Gasteiger charge is -2.22. The summed E-state index contributed by atoms with van der Waals surface area (Å²) in [5, 5.41) is 10.3. The summed E-state index contributed by atoms with van der Waals surface area (Å²) < 4.78 is 34.2. The quantitative estimate of drug-likeness (QED) is 0.138. The first-order valence-corrected chi connectivity index (χ1v) is 14.9. The second kappa shape index (κ2) is 13.0. The van der Waals surface area contributed by atoms with Crippen molar-refractivity contribution in [2.75, 3.05) is 17.2 Å². The number of carbonyl (C=O) groups is 1. The molecule has 6 heterocycles. The second-order valence-electron chi connectivity index (χ2n) is 11.1. The topological polar surface area (TPSA) is 230 Å². The third kappa shape index (κ3) is 6.33. The molecule has 0 saturated carbocycles. The van der Waals surface area contributed by atoms with Gasteiger partial charge in [-0.2, -0.15) is 24.3 Å². The number of ether oxygens (including phenoxy) is 3. The number of aliphatic hydroxyl groups excluding tert-OH is 1. The minimum absolute atomic E-state index is 0.0314. The van der Waals surface area contributed by atoms with Gasteiger partial charge in [-0.05, 0) is 26.7 Å².